The highest BCUT2D eigenvalue weighted by Gasteiger charge is 2.13. The summed E-state index contributed by atoms with van der Waals surface area (Å²) in [6.45, 7) is 1.91. The van der Waals surface area contributed by atoms with Crippen molar-refractivity contribution in [3.8, 4) is 11.1 Å². The molecule has 2 aromatic carbocycles. The van der Waals surface area contributed by atoms with Gasteiger partial charge >= 0.3 is 0 Å². The lowest BCUT2D eigenvalue weighted by molar-refractivity contribution is 0.427. The Bertz CT molecular complexity index is 733. The zero-order chi connectivity index (χ0) is 14.5. The number of hydrogen-bond donors (Lipinski definition) is 1. The first-order valence-corrected chi connectivity index (χ1v) is 6.70. The fourth-order valence-corrected chi connectivity index (χ4v) is 2.10. The van der Waals surface area contributed by atoms with Crippen LogP contribution in [0.4, 0.5) is 5.88 Å². The van der Waals surface area contributed by atoms with Crippen LogP contribution in [0.3, 0.4) is 0 Å². The number of hydrazone groups is 1. The van der Waals surface area contributed by atoms with E-state index >= 15 is 0 Å². The van der Waals surface area contributed by atoms with Crippen molar-refractivity contribution in [2.45, 2.75) is 6.92 Å². The number of benzene rings is 2. The minimum atomic E-state index is 0.547. The second kappa shape index (κ2) is 6.05. The first-order valence-electron chi connectivity index (χ1n) is 6.70. The Morgan fingerprint density at radius 3 is 2.38 bits per heavy atom. The fourth-order valence-electron chi connectivity index (χ4n) is 2.10. The van der Waals surface area contributed by atoms with Gasteiger partial charge in [0.2, 0.25) is 0 Å². The smallest absolute Gasteiger partial charge is 0.252 e. The molecule has 0 bridgehead atoms. The van der Waals surface area contributed by atoms with Gasteiger partial charge in [-0.05, 0) is 18.1 Å². The van der Waals surface area contributed by atoms with Crippen molar-refractivity contribution in [2.75, 3.05) is 5.43 Å². The van der Waals surface area contributed by atoms with E-state index in [-0.39, 0.29) is 0 Å². The van der Waals surface area contributed by atoms with E-state index in [0.29, 0.717) is 5.88 Å². The molecule has 3 rings (SSSR count). The third kappa shape index (κ3) is 3.00. The molecule has 0 amide bonds. The van der Waals surface area contributed by atoms with Crippen LogP contribution in [0.2, 0.25) is 0 Å². The molecule has 21 heavy (non-hydrogen) atoms. The van der Waals surface area contributed by atoms with E-state index in [1.54, 1.807) is 6.21 Å². The molecular weight excluding hydrogens is 262 g/mol. The molecule has 1 heterocycles. The lowest BCUT2D eigenvalue weighted by Crippen LogP contribution is -1.91. The quantitative estimate of drug-likeness (QED) is 0.577. The SMILES string of the molecule is Cc1noc(N/N=C/c2ccccc2)c1-c1ccccc1. The molecule has 0 spiro atoms. The van der Waals surface area contributed by atoms with Crippen molar-refractivity contribution in [1.29, 1.82) is 0 Å². The van der Waals surface area contributed by atoms with E-state index in [2.05, 4.69) is 15.7 Å². The highest BCUT2D eigenvalue weighted by molar-refractivity contribution is 5.81. The second-order valence-electron chi connectivity index (χ2n) is 4.62. The Hall–Kier alpha value is -2.88. The number of nitrogens with one attached hydrogen (secondary N) is 1. The summed E-state index contributed by atoms with van der Waals surface area (Å²) in [5.41, 5.74) is 6.75. The number of nitrogens with zero attached hydrogens (tertiary/aromatic N) is 2. The van der Waals surface area contributed by atoms with Crippen molar-refractivity contribution in [1.82, 2.24) is 5.16 Å². The summed E-state index contributed by atoms with van der Waals surface area (Å²) < 4.78 is 5.31. The van der Waals surface area contributed by atoms with E-state index in [1.165, 1.54) is 0 Å². The maximum atomic E-state index is 5.31. The zero-order valence-electron chi connectivity index (χ0n) is 11.7. The molecule has 4 heteroatoms. The number of rotatable bonds is 4. The first kappa shape index (κ1) is 13.1. The minimum absolute atomic E-state index is 0.547. The zero-order valence-corrected chi connectivity index (χ0v) is 11.7. The van der Waals surface area contributed by atoms with E-state index < -0.39 is 0 Å². The van der Waals surface area contributed by atoms with Crippen LogP contribution in [0, 0.1) is 6.92 Å². The highest BCUT2D eigenvalue weighted by Crippen LogP contribution is 2.30. The molecule has 0 aliphatic carbocycles. The Kier molecular flexibility index (Phi) is 3.78. The molecule has 1 N–H and O–H groups in total. The summed E-state index contributed by atoms with van der Waals surface area (Å²) in [7, 11) is 0. The average Bonchev–Trinajstić information content (AvgIpc) is 2.90. The van der Waals surface area contributed by atoms with Crippen LogP contribution >= 0.6 is 0 Å². The molecule has 0 unspecified atom stereocenters. The first-order chi connectivity index (χ1) is 10.3. The van der Waals surface area contributed by atoms with Crippen LogP contribution in [-0.2, 0) is 0 Å². The molecule has 3 aromatic rings. The summed E-state index contributed by atoms with van der Waals surface area (Å²) >= 11 is 0. The van der Waals surface area contributed by atoms with Gasteiger partial charge in [-0.25, -0.2) is 5.43 Å². The lowest BCUT2D eigenvalue weighted by Gasteiger charge is -2.01. The van der Waals surface area contributed by atoms with Crippen LogP contribution < -0.4 is 5.43 Å². The monoisotopic (exact) mass is 277 g/mol. The summed E-state index contributed by atoms with van der Waals surface area (Å²) in [6.07, 6.45) is 1.74. The molecule has 0 saturated carbocycles. The normalized spacial score (nSPS) is 10.9. The van der Waals surface area contributed by atoms with Gasteiger partial charge in [0.25, 0.3) is 5.88 Å². The Morgan fingerprint density at radius 1 is 1.00 bits per heavy atom. The van der Waals surface area contributed by atoms with Crippen molar-refractivity contribution in [3.63, 3.8) is 0 Å². The molecule has 0 fully saturated rings. The Labute approximate surface area is 123 Å². The van der Waals surface area contributed by atoms with Crippen LogP contribution in [0.25, 0.3) is 11.1 Å². The summed E-state index contributed by atoms with van der Waals surface area (Å²) in [5, 5.41) is 8.21. The summed E-state index contributed by atoms with van der Waals surface area (Å²) in [5.74, 6) is 0.547. The van der Waals surface area contributed by atoms with Gasteiger partial charge in [-0.15, -0.1) is 0 Å². The lowest BCUT2D eigenvalue weighted by atomic mass is 10.1. The van der Waals surface area contributed by atoms with Crippen LogP contribution in [-0.4, -0.2) is 11.4 Å². The summed E-state index contributed by atoms with van der Waals surface area (Å²) in [6, 6.07) is 19.9. The number of aryl methyl sites for hydroxylation is 1. The maximum absolute atomic E-state index is 5.31. The van der Waals surface area contributed by atoms with Crippen LogP contribution in [0.1, 0.15) is 11.3 Å². The molecule has 0 saturated heterocycles. The van der Waals surface area contributed by atoms with Gasteiger partial charge in [-0.3, -0.25) is 0 Å². The van der Waals surface area contributed by atoms with E-state index in [4.69, 9.17) is 4.52 Å². The predicted octanol–water partition coefficient (Wildman–Crippen LogP) is 4.10. The van der Waals surface area contributed by atoms with Gasteiger partial charge in [0, 0.05) is 0 Å². The molecule has 0 aliphatic rings. The number of anilines is 1. The molecule has 104 valence electrons. The Balaban J connectivity index is 1.83. The van der Waals surface area contributed by atoms with Crippen LogP contribution in [0.5, 0.6) is 0 Å². The van der Waals surface area contributed by atoms with E-state index in [1.807, 2.05) is 67.6 Å². The van der Waals surface area contributed by atoms with Crippen LogP contribution in [0.15, 0.2) is 70.3 Å². The van der Waals surface area contributed by atoms with Crippen molar-refractivity contribution >= 4 is 12.1 Å². The van der Waals surface area contributed by atoms with Gasteiger partial charge in [-0.1, -0.05) is 65.8 Å². The third-order valence-electron chi connectivity index (χ3n) is 3.10. The van der Waals surface area contributed by atoms with Crippen molar-refractivity contribution < 1.29 is 4.52 Å². The van der Waals surface area contributed by atoms with Crippen molar-refractivity contribution in [3.05, 3.63) is 71.9 Å². The molecule has 0 radical (unpaired) electrons. The maximum Gasteiger partial charge on any atom is 0.252 e. The highest BCUT2D eigenvalue weighted by atomic mass is 16.5. The predicted molar refractivity (Wildman–Crippen MR) is 84.3 cm³/mol. The van der Waals surface area contributed by atoms with Gasteiger partial charge in [-0.2, -0.15) is 5.10 Å². The van der Waals surface area contributed by atoms with E-state index in [9.17, 15) is 0 Å². The third-order valence-corrected chi connectivity index (χ3v) is 3.10. The van der Waals surface area contributed by atoms with Gasteiger partial charge < -0.3 is 4.52 Å². The number of hydrogen-bond acceptors (Lipinski definition) is 4. The Morgan fingerprint density at radius 2 is 1.67 bits per heavy atom. The van der Waals surface area contributed by atoms with Gasteiger partial charge in [0.05, 0.1) is 17.5 Å². The minimum Gasteiger partial charge on any atom is -0.336 e. The van der Waals surface area contributed by atoms with Crippen molar-refractivity contribution in [2.24, 2.45) is 5.10 Å². The fraction of sp³-hybridized carbons (Fsp3) is 0.0588. The van der Waals surface area contributed by atoms with Gasteiger partial charge in [0.1, 0.15) is 0 Å². The largest absolute Gasteiger partial charge is 0.336 e. The second-order valence-corrected chi connectivity index (χ2v) is 4.62. The molecule has 0 atom stereocenters. The summed E-state index contributed by atoms with van der Waals surface area (Å²) in [4.78, 5) is 0. The number of aromatic nitrogens is 1. The molecule has 1 aromatic heterocycles. The molecular formula is C17H15N3O. The average molecular weight is 277 g/mol. The topological polar surface area (TPSA) is 50.4 Å². The molecule has 0 aliphatic heterocycles. The van der Waals surface area contributed by atoms with E-state index in [0.717, 1.165) is 22.4 Å². The standard InChI is InChI=1S/C17H15N3O/c1-13-16(15-10-6-3-7-11-15)17(21-20-13)19-18-12-14-8-4-2-5-9-14/h2-12,19H,1H3/b18-12+. The molecule has 4 nitrogen and oxygen atoms in total. The van der Waals surface area contributed by atoms with Gasteiger partial charge in [0.15, 0.2) is 0 Å².